The lowest BCUT2D eigenvalue weighted by molar-refractivity contribution is 0.146. The Morgan fingerprint density at radius 2 is 2.12 bits per heavy atom. The monoisotopic (exact) mass is 255 g/mol. The maximum Gasteiger partial charge on any atom is 0.153 e. The normalized spacial score (nSPS) is 10.8. The summed E-state index contributed by atoms with van der Waals surface area (Å²) in [6.45, 7) is 0.834. The van der Waals surface area contributed by atoms with Crippen molar-refractivity contribution in [3.05, 3.63) is 35.2 Å². The van der Waals surface area contributed by atoms with Gasteiger partial charge >= 0.3 is 0 Å². The van der Waals surface area contributed by atoms with Crippen molar-refractivity contribution in [2.75, 3.05) is 20.3 Å². The van der Waals surface area contributed by atoms with Crippen LogP contribution in [0.25, 0.3) is 10.9 Å². The number of methoxy groups -OCH3 is 1. The van der Waals surface area contributed by atoms with Crippen molar-refractivity contribution >= 4 is 22.5 Å². The molecule has 0 fully saturated rings. The van der Waals surface area contributed by atoms with E-state index < -0.39 is 5.82 Å². The van der Waals surface area contributed by atoms with Gasteiger partial charge in [-0.1, -0.05) is 11.6 Å². The van der Waals surface area contributed by atoms with E-state index in [9.17, 15) is 4.39 Å². The van der Waals surface area contributed by atoms with Crippen LogP contribution in [0.3, 0.4) is 0 Å². The van der Waals surface area contributed by atoms with Gasteiger partial charge in [0.05, 0.1) is 6.61 Å². The second kappa shape index (κ2) is 5.29. The Balaban J connectivity index is 2.32. The predicted molar refractivity (Wildman–Crippen MR) is 64.1 cm³/mol. The summed E-state index contributed by atoms with van der Waals surface area (Å²) in [4.78, 5) is 3.92. The first-order chi connectivity index (χ1) is 8.20. The molecule has 0 radical (unpaired) electrons. The van der Waals surface area contributed by atoms with Gasteiger partial charge < -0.3 is 9.47 Å². The van der Waals surface area contributed by atoms with Gasteiger partial charge in [0.1, 0.15) is 23.0 Å². The van der Waals surface area contributed by atoms with Crippen LogP contribution < -0.4 is 4.74 Å². The lowest BCUT2D eigenvalue weighted by atomic mass is 10.2. The summed E-state index contributed by atoms with van der Waals surface area (Å²) < 4.78 is 23.9. The highest BCUT2D eigenvalue weighted by molar-refractivity contribution is 6.29. The molecule has 0 N–H and O–H groups in total. The lowest BCUT2D eigenvalue weighted by Gasteiger charge is -2.07. The Morgan fingerprint density at radius 3 is 2.88 bits per heavy atom. The maximum atomic E-state index is 13.7. The number of hydrogen-bond donors (Lipinski definition) is 0. The van der Waals surface area contributed by atoms with E-state index in [-0.39, 0.29) is 10.7 Å². The van der Waals surface area contributed by atoms with Gasteiger partial charge in [-0.05, 0) is 18.2 Å². The van der Waals surface area contributed by atoms with Gasteiger partial charge in [0, 0.05) is 18.6 Å². The Hall–Kier alpha value is -1.39. The summed E-state index contributed by atoms with van der Waals surface area (Å²) >= 11 is 5.71. The molecule has 0 unspecified atom stereocenters. The first kappa shape index (κ1) is 12.1. The Morgan fingerprint density at radius 1 is 1.29 bits per heavy atom. The summed E-state index contributed by atoms with van der Waals surface area (Å²) in [6.07, 6.45) is 0. The van der Waals surface area contributed by atoms with Crippen LogP contribution in [0.1, 0.15) is 0 Å². The van der Waals surface area contributed by atoms with Crippen molar-refractivity contribution in [1.82, 2.24) is 4.98 Å². The van der Waals surface area contributed by atoms with Crippen LogP contribution in [-0.2, 0) is 4.74 Å². The van der Waals surface area contributed by atoms with Crippen molar-refractivity contribution in [1.29, 1.82) is 0 Å². The fraction of sp³-hybridized carbons (Fsp3) is 0.250. The number of rotatable bonds is 4. The summed E-state index contributed by atoms with van der Waals surface area (Å²) in [5, 5.41) is 0.922. The van der Waals surface area contributed by atoms with Crippen molar-refractivity contribution in [2.24, 2.45) is 0 Å². The molecule has 0 aliphatic rings. The number of fused-ring (bicyclic) bond motifs is 1. The zero-order valence-corrected chi connectivity index (χ0v) is 10.00. The lowest BCUT2D eigenvalue weighted by Crippen LogP contribution is -2.04. The van der Waals surface area contributed by atoms with E-state index >= 15 is 0 Å². The fourth-order valence-corrected chi connectivity index (χ4v) is 1.62. The Kier molecular flexibility index (Phi) is 3.76. The van der Waals surface area contributed by atoms with Gasteiger partial charge in [-0.25, -0.2) is 9.37 Å². The predicted octanol–water partition coefficient (Wildman–Crippen LogP) is 3.05. The maximum absolute atomic E-state index is 13.7. The summed E-state index contributed by atoms with van der Waals surface area (Å²) in [6, 6.07) is 6.33. The highest BCUT2D eigenvalue weighted by atomic mass is 35.5. The minimum Gasteiger partial charge on any atom is -0.491 e. The van der Waals surface area contributed by atoms with E-state index in [0.29, 0.717) is 24.3 Å². The molecule has 90 valence electrons. The average molecular weight is 256 g/mol. The van der Waals surface area contributed by atoms with Crippen molar-refractivity contribution in [2.45, 2.75) is 0 Å². The zero-order valence-electron chi connectivity index (χ0n) is 9.24. The van der Waals surface area contributed by atoms with E-state index in [2.05, 4.69) is 4.98 Å². The summed E-state index contributed by atoms with van der Waals surface area (Å²) in [5.74, 6) is 0.00795. The molecule has 5 heteroatoms. The van der Waals surface area contributed by atoms with E-state index in [1.807, 2.05) is 0 Å². The third-order valence-corrected chi connectivity index (χ3v) is 2.45. The van der Waals surface area contributed by atoms with E-state index in [4.69, 9.17) is 21.1 Å². The fourth-order valence-electron chi connectivity index (χ4n) is 1.47. The molecule has 1 aromatic carbocycles. The molecular weight excluding hydrogens is 245 g/mol. The third-order valence-electron chi connectivity index (χ3n) is 2.24. The molecule has 1 aromatic heterocycles. The Labute approximate surface area is 103 Å². The highest BCUT2D eigenvalue weighted by Gasteiger charge is 2.06. The zero-order chi connectivity index (χ0) is 12.3. The molecule has 1 heterocycles. The van der Waals surface area contributed by atoms with Gasteiger partial charge in [0.25, 0.3) is 0 Å². The van der Waals surface area contributed by atoms with Crippen LogP contribution in [0.4, 0.5) is 4.39 Å². The van der Waals surface area contributed by atoms with Crippen LogP contribution in [0, 0.1) is 5.82 Å². The van der Waals surface area contributed by atoms with Crippen molar-refractivity contribution in [3.8, 4) is 5.75 Å². The molecule has 0 amide bonds. The SMILES string of the molecule is COCCOc1cc(F)c2nc(Cl)ccc2c1. The molecule has 2 aromatic rings. The summed E-state index contributed by atoms with van der Waals surface area (Å²) in [5.41, 5.74) is 0.247. The van der Waals surface area contributed by atoms with Crippen LogP contribution in [0.2, 0.25) is 5.15 Å². The van der Waals surface area contributed by atoms with E-state index in [1.54, 1.807) is 25.3 Å². The van der Waals surface area contributed by atoms with Crippen molar-refractivity contribution < 1.29 is 13.9 Å². The first-order valence-electron chi connectivity index (χ1n) is 5.08. The molecule has 0 bridgehead atoms. The molecule has 0 aliphatic heterocycles. The van der Waals surface area contributed by atoms with Crippen LogP contribution in [0.5, 0.6) is 5.75 Å². The third kappa shape index (κ3) is 2.84. The molecule has 0 spiro atoms. The number of pyridine rings is 1. The van der Waals surface area contributed by atoms with Crippen LogP contribution >= 0.6 is 11.6 Å². The largest absolute Gasteiger partial charge is 0.491 e. The van der Waals surface area contributed by atoms with Crippen LogP contribution in [-0.4, -0.2) is 25.3 Å². The summed E-state index contributed by atoms with van der Waals surface area (Å²) in [7, 11) is 1.58. The standard InChI is InChI=1S/C12H11ClFNO2/c1-16-4-5-17-9-6-8-2-3-11(13)15-12(8)10(14)7-9/h2-3,6-7H,4-5H2,1H3. The molecule has 0 atom stereocenters. The smallest absolute Gasteiger partial charge is 0.153 e. The molecule has 17 heavy (non-hydrogen) atoms. The van der Waals surface area contributed by atoms with E-state index in [0.717, 1.165) is 0 Å². The number of hydrogen-bond acceptors (Lipinski definition) is 3. The Bertz CT molecular complexity index is 533. The highest BCUT2D eigenvalue weighted by Crippen LogP contribution is 2.24. The quantitative estimate of drug-likeness (QED) is 0.622. The van der Waals surface area contributed by atoms with Crippen LogP contribution in [0.15, 0.2) is 24.3 Å². The number of aromatic nitrogens is 1. The number of benzene rings is 1. The second-order valence-corrected chi connectivity index (χ2v) is 3.84. The van der Waals surface area contributed by atoms with Gasteiger partial charge in [-0.3, -0.25) is 0 Å². The average Bonchev–Trinajstić information content (AvgIpc) is 2.31. The second-order valence-electron chi connectivity index (χ2n) is 3.45. The number of nitrogens with zero attached hydrogens (tertiary/aromatic N) is 1. The van der Waals surface area contributed by atoms with Crippen molar-refractivity contribution in [3.63, 3.8) is 0 Å². The van der Waals surface area contributed by atoms with Gasteiger partial charge in [0.15, 0.2) is 5.82 Å². The molecule has 3 nitrogen and oxygen atoms in total. The first-order valence-corrected chi connectivity index (χ1v) is 5.46. The minimum atomic E-state index is -0.447. The number of halogens is 2. The van der Waals surface area contributed by atoms with Gasteiger partial charge in [-0.2, -0.15) is 0 Å². The number of ether oxygens (including phenoxy) is 2. The molecule has 0 saturated heterocycles. The molecule has 0 aliphatic carbocycles. The molecular formula is C12H11ClFNO2. The minimum absolute atomic E-state index is 0.247. The van der Waals surface area contributed by atoms with Gasteiger partial charge in [-0.15, -0.1) is 0 Å². The molecule has 2 rings (SSSR count). The molecule has 0 saturated carbocycles. The van der Waals surface area contributed by atoms with E-state index in [1.165, 1.54) is 6.07 Å². The topological polar surface area (TPSA) is 31.4 Å². The van der Waals surface area contributed by atoms with Gasteiger partial charge in [0.2, 0.25) is 0 Å².